The molecule has 3 rings (SSSR count). The lowest BCUT2D eigenvalue weighted by Gasteiger charge is -2.36. The number of benzene rings is 2. The Morgan fingerprint density at radius 3 is 2.05 bits per heavy atom. The molecule has 38 heavy (non-hydrogen) atoms. The van der Waals surface area contributed by atoms with Crippen LogP contribution in [0.1, 0.15) is 129 Å². The highest BCUT2D eigenvalue weighted by Gasteiger charge is 2.35. The first-order chi connectivity index (χ1) is 18.4. The summed E-state index contributed by atoms with van der Waals surface area (Å²) in [6, 6.07) is 20.5. The molecule has 1 aliphatic rings. The van der Waals surface area contributed by atoms with Crippen LogP contribution in [0.25, 0.3) is 11.1 Å². The van der Waals surface area contributed by atoms with Gasteiger partial charge in [-0.25, -0.2) is 0 Å². The van der Waals surface area contributed by atoms with E-state index in [9.17, 15) is 5.26 Å². The van der Waals surface area contributed by atoms with Crippen LogP contribution in [0, 0.1) is 28.6 Å². The van der Waals surface area contributed by atoms with Gasteiger partial charge >= 0.3 is 0 Å². The van der Waals surface area contributed by atoms with Crippen LogP contribution < -0.4 is 4.74 Å². The molecule has 0 heterocycles. The number of unbranched alkanes of at least 4 members (excludes halogenated alkanes) is 4. The van der Waals surface area contributed by atoms with Crippen LogP contribution in [0.2, 0.25) is 0 Å². The van der Waals surface area contributed by atoms with Crippen LogP contribution in [-0.2, 0) is 0 Å². The first-order valence-corrected chi connectivity index (χ1v) is 15.7. The Balaban J connectivity index is 1.44. The fraction of sp³-hybridized carbons (Fsp3) is 0.639. The van der Waals surface area contributed by atoms with Gasteiger partial charge in [-0.05, 0) is 91.5 Å². The minimum Gasteiger partial charge on any atom is -0.494 e. The van der Waals surface area contributed by atoms with Crippen LogP contribution in [0.3, 0.4) is 0 Å². The van der Waals surface area contributed by atoms with E-state index in [2.05, 4.69) is 82.3 Å². The van der Waals surface area contributed by atoms with Crippen molar-refractivity contribution < 1.29 is 4.74 Å². The molecule has 0 aliphatic heterocycles. The van der Waals surface area contributed by atoms with Gasteiger partial charge in [0.2, 0.25) is 0 Å². The molecule has 1 saturated carbocycles. The second kappa shape index (κ2) is 16.0. The minimum atomic E-state index is -0.0952. The third-order valence-electron chi connectivity index (χ3n) is 8.86. The van der Waals surface area contributed by atoms with Crippen molar-refractivity contribution in [2.45, 2.75) is 124 Å². The second-order valence-electron chi connectivity index (χ2n) is 12.5. The molecule has 0 radical (unpaired) electrons. The Bertz CT molecular complexity index is 944. The van der Waals surface area contributed by atoms with E-state index in [-0.39, 0.29) is 5.41 Å². The fourth-order valence-electron chi connectivity index (χ4n) is 6.05. The average molecular weight is 516 g/mol. The lowest BCUT2D eigenvalue weighted by molar-refractivity contribution is 0.211. The van der Waals surface area contributed by atoms with Gasteiger partial charge in [-0.15, -0.1) is 0 Å². The SMILES string of the molecule is CCCCCCCOc1ccc(-c2ccc(C3CCC(C#N)(CCC(C)CCCC(C)C)CC3)cc2)cc1. The summed E-state index contributed by atoms with van der Waals surface area (Å²) in [5, 5.41) is 10.1. The highest BCUT2D eigenvalue weighted by atomic mass is 16.5. The summed E-state index contributed by atoms with van der Waals surface area (Å²) < 4.78 is 5.93. The van der Waals surface area contributed by atoms with Crippen LogP contribution in [-0.4, -0.2) is 6.61 Å². The summed E-state index contributed by atoms with van der Waals surface area (Å²) in [4.78, 5) is 0. The monoisotopic (exact) mass is 515 g/mol. The molecule has 1 fully saturated rings. The summed E-state index contributed by atoms with van der Waals surface area (Å²) in [7, 11) is 0. The zero-order valence-corrected chi connectivity index (χ0v) is 24.8. The lowest BCUT2D eigenvalue weighted by Crippen LogP contribution is -2.26. The standard InChI is InChI=1S/C36H53NO/c1-5-6-7-8-9-27-38-35-19-17-33(18-20-35)31-13-15-32(16-14-31)34-22-25-36(28-37,26-23-34)24-21-30(4)12-10-11-29(2)3/h13-20,29-30,34H,5-12,21-27H2,1-4H3. The molecule has 1 atom stereocenters. The van der Waals surface area contributed by atoms with Gasteiger partial charge < -0.3 is 4.74 Å². The number of nitriles is 1. The summed E-state index contributed by atoms with van der Waals surface area (Å²) >= 11 is 0. The maximum atomic E-state index is 10.1. The molecule has 0 amide bonds. The van der Waals surface area contributed by atoms with E-state index in [4.69, 9.17) is 4.74 Å². The van der Waals surface area contributed by atoms with Crippen LogP contribution in [0.4, 0.5) is 0 Å². The summed E-state index contributed by atoms with van der Waals surface area (Å²) in [5.74, 6) is 3.09. The fourth-order valence-corrected chi connectivity index (χ4v) is 6.05. The first kappa shape index (κ1) is 30.3. The van der Waals surface area contributed by atoms with E-state index in [0.29, 0.717) is 5.92 Å². The lowest BCUT2D eigenvalue weighted by atomic mass is 9.67. The molecule has 0 aromatic heterocycles. The Hall–Kier alpha value is -2.27. The highest BCUT2D eigenvalue weighted by Crippen LogP contribution is 2.46. The van der Waals surface area contributed by atoms with Crippen molar-refractivity contribution in [1.29, 1.82) is 5.26 Å². The van der Waals surface area contributed by atoms with E-state index >= 15 is 0 Å². The largest absolute Gasteiger partial charge is 0.494 e. The van der Waals surface area contributed by atoms with E-state index < -0.39 is 0 Å². The van der Waals surface area contributed by atoms with Crippen LogP contribution >= 0.6 is 0 Å². The zero-order valence-electron chi connectivity index (χ0n) is 24.8. The van der Waals surface area contributed by atoms with Gasteiger partial charge in [0.1, 0.15) is 5.75 Å². The normalized spacial score (nSPS) is 20.3. The molecule has 2 aromatic rings. The van der Waals surface area contributed by atoms with Crippen molar-refractivity contribution in [2.24, 2.45) is 17.3 Å². The van der Waals surface area contributed by atoms with Crippen molar-refractivity contribution in [3.8, 4) is 22.9 Å². The number of rotatable bonds is 16. The van der Waals surface area contributed by atoms with Gasteiger partial charge in [0.05, 0.1) is 18.1 Å². The van der Waals surface area contributed by atoms with E-state index in [1.807, 2.05) is 0 Å². The number of nitrogens with zero attached hydrogens (tertiary/aromatic N) is 1. The number of hydrogen-bond acceptors (Lipinski definition) is 2. The van der Waals surface area contributed by atoms with Crippen molar-refractivity contribution in [3.05, 3.63) is 54.1 Å². The van der Waals surface area contributed by atoms with Gasteiger partial charge in [0.25, 0.3) is 0 Å². The van der Waals surface area contributed by atoms with E-state index in [1.54, 1.807) is 0 Å². The molecule has 0 spiro atoms. The maximum absolute atomic E-state index is 10.1. The number of hydrogen-bond donors (Lipinski definition) is 0. The average Bonchev–Trinajstić information content (AvgIpc) is 2.94. The van der Waals surface area contributed by atoms with Crippen molar-refractivity contribution >= 4 is 0 Å². The van der Waals surface area contributed by atoms with Gasteiger partial charge in [-0.2, -0.15) is 5.26 Å². The Morgan fingerprint density at radius 2 is 1.45 bits per heavy atom. The van der Waals surface area contributed by atoms with E-state index in [0.717, 1.165) is 62.7 Å². The van der Waals surface area contributed by atoms with E-state index in [1.165, 1.54) is 68.1 Å². The van der Waals surface area contributed by atoms with Gasteiger partial charge in [-0.3, -0.25) is 0 Å². The molecule has 0 bridgehead atoms. The van der Waals surface area contributed by atoms with Crippen LogP contribution in [0.5, 0.6) is 5.75 Å². The van der Waals surface area contributed by atoms with Crippen molar-refractivity contribution in [2.75, 3.05) is 6.61 Å². The molecule has 2 heteroatoms. The van der Waals surface area contributed by atoms with Crippen molar-refractivity contribution in [1.82, 2.24) is 0 Å². The Kier molecular flexibility index (Phi) is 12.7. The predicted octanol–water partition coefficient (Wildman–Crippen LogP) is 11.1. The summed E-state index contributed by atoms with van der Waals surface area (Å²) in [6.45, 7) is 10.1. The maximum Gasteiger partial charge on any atom is 0.119 e. The predicted molar refractivity (Wildman–Crippen MR) is 162 cm³/mol. The molecule has 2 aromatic carbocycles. The molecule has 0 saturated heterocycles. The second-order valence-corrected chi connectivity index (χ2v) is 12.5. The molecular weight excluding hydrogens is 462 g/mol. The molecule has 2 nitrogen and oxygen atoms in total. The highest BCUT2D eigenvalue weighted by molar-refractivity contribution is 5.64. The third kappa shape index (κ3) is 9.80. The molecule has 1 aliphatic carbocycles. The van der Waals surface area contributed by atoms with Gasteiger partial charge in [-0.1, -0.05) is 109 Å². The van der Waals surface area contributed by atoms with Gasteiger partial charge in [0.15, 0.2) is 0 Å². The van der Waals surface area contributed by atoms with Gasteiger partial charge in [0, 0.05) is 0 Å². The van der Waals surface area contributed by atoms with Crippen molar-refractivity contribution in [3.63, 3.8) is 0 Å². The summed E-state index contributed by atoms with van der Waals surface area (Å²) in [5.41, 5.74) is 3.84. The number of ether oxygens (including phenoxy) is 1. The molecule has 1 unspecified atom stereocenters. The first-order valence-electron chi connectivity index (χ1n) is 15.7. The Morgan fingerprint density at radius 1 is 0.816 bits per heavy atom. The molecule has 208 valence electrons. The third-order valence-corrected chi connectivity index (χ3v) is 8.86. The zero-order chi connectivity index (χ0) is 27.2. The smallest absolute Gasteiger partial charge is 0.119 e. The summed E-state index contributed by atoms with van der Waals surface area (Å²) in [6.07, 6.45) is 16.9. The molecular formula is C36H53NO. The molecule has 0 N–H and O–H groups in total. The minimum absolute atomic E-state index is 0.0952. The quantitative estimate of drug-likeness (QED) is 0.208. The van der Waals surface area contributed by atoms with Crippen LogP contribution in [0.15, 0.2) is 48.5 Å². The topological polar surface area (TPSA) is 33.0 Å². The Labute approximate surface area is 234 Å².